The summed E-state index contributed by atoms with van der Waals surface area (Å²) in [5.74, 6) is 1.59. The molecule has 0 aromatic heterocycles. The van der Waals surface area contributed by atoms with Gasteiger partial charge in [0.15, 0.2) is 0 Å². The first-order valence-electron chi connectivity index (χ1n) is 19.5. The molecule has 0 bridgehead atoms. The van der Waals surface area contributed by atoms with Gasteiger partial charge in [-0.2, -0.15) is 0 Å². The molecule has 2 atom stereocenters. The first-order valence-corrected chi connectivity index (χ1v) is 19.5. The molecule has 0 aliphatic heterocycles. The van der Waals surface area contributed by atoms with Crippen LogP contribution in [0.5, 0.6) is 0 Å². The predicted octanol–water partition coefficient (Wildman–Crippen LogP) is 13.2. The van der Waals surface area contributed by atoms with E-state index in [4.69, 9.17) is 0 Å². The molecule has 0 rings (SSSR count). The minimum Gasteiger partial charge on any atom is -0.211 e. The maximum absolute atomic E-state index is 10.3. The summed E-state index contributed by atoms with van der Waals surface area (Å²) in [5.41, 5.74) is 0. The molecule has 0 aliphatic carbocycles. The fourth-order valence-electron chi connectivity index (χ4n) is 6.59. The molecule has 0 fully saturated rings. The van der Waals surface area contributed by atoms with E-state index in [1.807, 2.05) is 0 Å². The summed E-state index contributed by atoms with van der Waals surface area (Å²) in [6.07, 6.45) is 48.4. The average Bonchev–Trinajstić information content (AvgIpc) is 3.03. The highest BCUT2D eigenvalue weighted by molar-refractivity contribution is 5.32. The summed E-state index contributed by atoms with van der Waals surface area (Å²) < 4.78 is 0. The van der Waals surface area contributed by atoms with E-state index < -0.39 is 0 Å². The minimum atomic E-state index is 0.645. The molecule has 0 aromatic carbocycles. The van der Waals surface area contributed by atoms with Crippen molar-refractivity contribution >= 4 is 12.2 Å². The van der Waals surface area contributed by atoms with E-state index in [0.717, 1.165) is 24.7 Å². The van der Waals surface area contributed by atoms with Gasteiger partial charge in [0.1, 0.15) is 0 Å². The van der Waals surface area contributed by atoms with E-state index in [9.17, 15) is 9.59 Å². The van der Waals surface area contributed by atoms with Crippen LogP contribution in [-0.2, 0) is 9.59 Å². The summed E-state index contributed by atoms with van der Waals surface area (Å²) in [7, 11) is 0. The topological polar surface area (TPSA) is 58.9 Å². The van der Waals surface area contributed by atoms with Gasteiger partial charge in [0, 0.05) is 0 Å². The van der Waals surface area contributed by atoms with Crippen LogP contribution >= 0.6 is 0 Å². The summed E-state index contributed by atoms with van der Waals surface area (Å²) in [6.45, 7) is 5.89. The second-order valence-electron chi connectivity index (χ2n) is 13.4. The number of isocyanates is 2. The Morgan fingerprint density at radius 2 is 0.818 bits per heavy atom. The molecule has 0 N–H and O–H groups in total. The molecule has 0 saturated carbocycles. The van der Waals surface area contributed by atoms with E-state index >= 15 is 0 Å². The van der Waals surface area contributed by atoms with Gasteiger partial charge in [-0.25, -0.2) is 19.6 Å². The lowest BCUT2D eigenvalue weighted by Crippen LogP contribution is -2.14. The lowest BCUT2D eigenvalue weighted by molar-refractivity contribution is 0.299. The van der Waals surface area contributed by atoms with E-state index in [0.29, 0.717) is 13.1 Å². The third-order valence-corrected chi connectivity index (χ3v) is 9.42. The number of allylic oxidation sites excluding steroid dienone is 2. The molecule has 44 heavy (non-hydrogen) atoms. The van der Waals surface area contributed by atoms with Crippen LogP contribution in [0.1, 0.15) is 206 Å². The van der Waals surface area contributed by atoms with Crippen molar-refractivity contribution in [1.82, 2.24) is 0 Å². The molecule has 0 aliphatic rings. The van der Waals surface area contributed by atoms with Crippen LogP contribution in [0.25, 0.3) is 0 Å². The molecule has 0 amide bonds. The van der Waals surface area contributed by atoms with Gasteiger partial charge in [-0.05, 0) is 56.8 Å². The first kappa shape index (κ1) is 42.5. The van der Waals surface area contributed by atoms with Crippen LogP contribution in [0.3, 0.4) is 0 Å². The fourth-order valence-corrected chi connectivity index (χ4v) is 6.59. The van der Waals surface area contributed by atoms with E-state index in [1.165, 1.54) is 180 Å². The van der Waals surface area contributed by atoms with Gasteiger partial charge < -0.3 is 0 Å². The zero-order valence-electron chi connectivity index (χ0n) is 29.6. The molecule has 0 spiro atoms. The molecule has 4 nitrogen and oxygen atoms in total. The molecule has 0 heterocycles. The Hall–Kier alpha value is -1.50. The Morgan fingerprint density at radius 1 is 0.455 bits per heavy atom. The Bertz CT molecular complexity index is 693. The van der Waals surface area contributed by atoms with Crippen LogP contribution in [-0.4, -0.2) is 25.2 Å². The molecular formula is C40H74N2O2. The van der Waals surface area contributed by atoms with E-state index in [2.05, 4.69) is 36.0 Å². The normalized spacial score (nSPS) is 12.7. The average molecular weight is 615 g/mol. The van der Waals surface area contributed by atoms with Crippen LogP contribution in [0, 0.1) is 11.8 Å². The largest absolute Gasteiger partial charge is 0.234 e. The van der Waals surface area contributed by atoms with Crippen molar-refractivity contribution in [3.8, 4) is 0 Å². The summed E-state index contributed by atoms with van der Waals surface area (Å²) in [5, 5.41) is 0. The van der Waals surface area contributed by atoms with Gasteiger partial charge in [0.25, 0.3) is 0 Å². The van der Waals surface area contributed by atoms with Gasteiger partial charge in [0.05, 0.1) is 13.1 Å². The lowest BCUT2D eigenvalue weighted by Gasteiger charge is -2.26. The number of carbonyl (C=O) groups excluding carboxylic acids is 2. The zero-order valence-corrected chi connectivity index (χ0v) is 29.6. The van der Waals surface area contributed by atoms with Gasteiger partial charge in [0.2, 0.25) is 12.2 Å². The zero-order chi connectivity index (χ0) is 32.0. The Labute approximate surface area is 274 Å². The lowest BCUT2D eigenvalue weighted by atomic mass is 9.80. The van der Waals surface area contributed by atoms with Gasteiger partial charge in [-0.1, -0.05) is 174 Å². The first-order chi connectivity index (χ1) is 21.8. The van der Waals surface area contributed by atoms with Crippen molar-refractivity contribution in [1.29, 1.82) is 0 Å². The Kier molecular flexibility index (Phi) is 36.4. The van der Waals surface area contributed by atoms with E-state index in [-0.39, 0.29) is 0 Å². The highest BCUT2D eigenvalue weighted by Gasteiger charge is 2.18. The van der Waals surface area contributed by atoms with Crippen LogP contribution in [0.4, 0.5) is 0 Å². The number of rotatable bonds is 36. The summed E-state index contributed by atoms with van der Waals surface area (Å²) in [6, 6.07) is 0. The van der Waals surface area contributed by atoms with Gasteiger partial charge in [-0.3, -0.25) is 0 Å². The van der Waals surface area contributed by atoms with Crippen molar-refractivity contribution in [2.75, 3.05) is 13.1 Å². The molecule has 0 radical (unpaired) electrons. The standard InChI is InChI=1S/C40H74N2O2/c1-3-5-7-9-11-14-20-26-32-40(33-27-21-15-12-17-23-29-35-41-37-43)39(31-25-19-13-10-8-6-4-2)34-28-22-16-18-24-30-36-42-38-44/h25,31,39-40H,3-24,26-30,32-36H2,1-2H3/b31-25+. The smallest absolute Gasteiger partial charge is 0.211 e. The molecule has 2 unspecified atom stereocenters. The van der Waals surface area contributed by atoms with Crippen molar-refractivity contribution in [2.24, 2.45) is 21.8 Å². The van der Waals surface area contributed by atoms with Crippen LogP contribution in [0.2, 0.25) is 0 Å². The van der Waals surface area contributed by atoms with Crippen molar-refractivity contribution < 1.29 is 9.59 Å². The summed E-state index contributed by atoms with van der Waals surface area (Å²) in [4.78, 5) is 27.8. The number of aliphatic imine (C=N–C) groups is 2. The highest BCUT2D eigenvalue weighted by Crippen LogP contribution is 2.31. The fraction of sp³-hybridized carbons (Fsp3) is 0.900. The molecule has 0 saturated heterocycles. The predicted molar refractivity (Wildman–Crippen MR) is 192 cm³/mol. The second-order valence-corrected chi connectivity index (χ2v) is 13.4. The van der Waals surface area contributed by atoms with Gasteiger partial charge >= 0.3 is 0 Å². The van der Waals surface area contributed by atoms with Crippen LogP contribution < -0.4 is 0 Å². The van der Waals surface area contributed by atoms with Crippen molar-refractivity contribution in [3.63, 3.8) is 0 Å². The number of hydrogen-bond acceptors (Lipinski definition) is 4. The highest BCUT2D eigenvalue weighted by atomic mass is 16.1. The monoisotopic (exact) mass is 615 g/mol. The number of unbranched alkanes of at least 4 members (excludes halogenated alkanes) is 23. The van der Waals surface area contributed by atoms with Gasteiger partial charge in [-0.15, -0.1) is 0 Å². The molecular weight excluding hydrogens is 540 g/mol. The number of nitrogens with zero attached hydrogens (tertiary/aromatic N) is 2. The Balaban J connectivity index is 4.87. The molecule has 4 heteroatoms. The quantitative estimate of drug-likeness (QED) is 0.0305. The minimum absolute atomic E-state index is 0.645. The third kappa shape index (κ3) is 31.9. The Morgan fingerprint density at radius 3 is 1.25 bits per heavy atom. The van der Waals surface area contributed by atoms with E-state index in [1.54, 1.807) is 12.2 Å². The van der Waals surface area contributed by atoms with Crippen LogP contribution in [0.15, 0.2) is 22.1 Å². The molecule has 256 valence electrons. The SMILES string of the molecule is CCCCCCC/C=C/C(CCCCCCCCN=C=O)C(CCCCCCCCCC)CCCCCCCCCN=C=O. The van der Waals surface area contributed by atoms with Crippen molar-refractivity contribution in [2.45, 2.75) is 206 Å². The maximum Gasteiger partial charge on any atom is 0.234 e. The number of hydrogen-bond donors (Lipinski definition) is 0. The maximum atomic E-state index is 10.3. The summed E-state index contributed by atoms with van der Waals surface area (Å²) >= 11 is 0. The molecule has 0 aromatic rings. The third-order valence-electron chi connectivity index (χ3n) is 9.42. The van der Waals surface area contributed by atoms with Crippen molar-refractivity contribution in [3.05, 3.63) is 12.2 Å². The second kappa shape index (κ2) is 37.7.